The minimum Gasteiger partial charge on any atom is -0.382 e. The molecular weight excluding hydrogens is 206 g/mol. The predicted molar refractivity (Wildman–Crippen MR) is 63.4 cm³/mol. The van der Waals surface area contributed by atoms with Crippen LogP contribution >= 0.6 is 0 Å². The van der Waals surface area contributed by atoms with Crippen molar-refractivity contribution >= 4 is 0 Å². The first-order valence-corrected chi connectivity index (χ1v) is 6.26. The van der Waals surface area contributed by atoms with Crippen molar-refractivity contribution in [1.29, 1.82) is 0 Å². The van der Waals surface area contributed by atoms with E-state index < -0.39 is 0 Å². The first-order valence-electron chi connectivity index (χ1n) is 6.26. The lowest BCUT2D eigenvalue weighted by Crippen LogP contribution is -2.34. The van der Waals surface area contributed by atoms with Gasteiger partial charge in [-0.3, -0.25) is 0 Å². The highest BCUT2D eigenvalue weighted by molar-refractivity contribution is 4.76. The van der Waals surface area contributed by atoms with E-state index in [4.69, 9.17) is 19.9 Å². The standard InChI is InChI=1S/C12H25NO3/c1-14-6-7-15-8-9-16-12-5-3-2-4-11(12)10-13/h11-12H,2-10,13H2,1H3. The third-order valence-electron chi connectivity index (χ3n) is 3.13. The second-order valence-electron chi connectivity index (χ2n) is 4.29. The monoisotopic (exact) mass is 231 g/mol. The number of nitrogens with two attached hydrogens (primary N) is 1. The van der Waals surface area contributed by atoms with Gasteiger partial charge in [0.2, 0.25) is 0 Å². The average Bonchev–Trinajstić information content (AvgIpc) is 2.34. The maximum atomic E-state index is 5.82. The molecule has 96 valence electrons. The summed E-state index contributed by atoms with van der Waals surface area (Å²) in [6.07, 6.45) is 5.29. The molecule has 16 heavy (non-hydrogen) atoms. The van der Waals surface area contributed by atoms with Crippen LogP contribution in [0.15, 0.2) is 0 Å². The lowest BCUT2D eigenvalue weighted by molar-refractivity contribution is -0.0403. The van der Waals surface area contributed by atoms with Gasteiger partial charge in [0.15, 0.2) is 0 Å². The third-order valence-corrected chi connectivity index (χ3v) is 3.13. The van der Waals surface area contributed by atoms with Crippen LogP contribution in [0.1, 0.15) is 25.7 Å². The van der Waals surface area contributed by atoms with E-state index in [9.17, 15) is 0 Å². The molecule has 0 aromatic carbocycles. The van der Waals surface area contributed by atoms with Crippen LogP contribution in [0.5, 0.6) is 0 Å². The van der Waals surface area contributed by atoms with Crippen molar-refractivity contribution < 1.29 is 14.2 Å². The minimum atomic E-state index is 0.352. The Hall–Kier alpha value is -0.160. The average molecular weight is 231 g/mol. The first-order chi connectivity index (χ1) is 7.88. The summed E-state index contributed by atoms with van der Waals surface area (Å²) in [5.41, 5.74) is 5.74. The van der Waals surface area contributed by atoms with Crippen molar-refractivity contribution in [3.63, 3.8) is 0 Å². The smallest absolute Gasteiger partial charge is 0.0704 e. The summed E-state index contributed by atoms with van der Waals surface area (Å²) in [6.45, 7) is 3.36. The fourth-order valence-corrected chi connectivity index (χ4v) is 2.17. The Balaban J connectivity index is 2.02. The Morgan fingerprint density at radius 1 is 1.06 bits per heavy atom. The van der Waals surface area contributed by atoms with Gasteiger partial charge in [0.1, 0.15) is 0 Å². The lowest BCUT2D eigenvalue weighted by Gasteiger charge is -2.30. The zero-order valence-corrected chi connectivity index (χ0v) is 10.3. The molecule has 2 atom stereocenters. The maximum absolute atomic E-state index is 5.82. The molecule has 2 N–H and O–H groups in total. The summed E-state index contributed by atoms with van der Waals surface area (Å²) in [5.74, 6) is 0.549. The van der Waals surface area contributed by atoms with Gasteiger partial charge in [0, 0.05) is 7.11 Å². The van der Waals surface area contributed by atoms with Crippen LogP contribution in [0.2, 0.25) is 0 Å². The van der Waals surface area contributed by atoms with E-state index in [1.807, 2.05) is 0 Å². The third kappa shape index (κ3) is 5.25. The molecule has 4 heteroatoms. The largest absolute Gasteiger partial charge is 0.382 e. The van der Waals surface area contributed by atoms with Gasteiger partial charge in [0.25, 0.3) is 0 Å². The van der Waals surface area contributed by atoms with Crippen molar-refractivity contribution in [3.05, 3.63) is 0 Å². The van der Waals surface area contributed by atoms with Gasteiger partial charge in [-0.05, 0) is 25.3 Å². The molecule has 4 nitrogen and oxygen atoms in total. The summed E-state index contributed by atoms with van der Waals surface area (Å²) in [5, 5.41) is 0. The summed E-state index contributed by atoms with van der Waals surface area (Å²) >= 11 is 0. The van der Waals surface area contributed by atoms with Crippen LogP contribution in [0.4, 0.5) is 0 Å². The zero-order valence-electron chi connectivity index (χ0n) is 10.3. The maximum Gasteiger partial charge on any atom is 0.0704 e. The van der Waals surface area contributed by atoms with Crippen molar-refractivity contribution in [3.8, 4) is 0 Å². The summed E-state index contributed by atoms with van der Waals surface area (Å²) in [4.78, 5) is 0. The molecule has 1 aliphatic carbocycles. The lowest BCUT2D eigenvalue weighted by atomic mass is 9.86. The van der Waals surface area contributed by atoms with Gasteiger partial charge in [0.05, 0.1) is 32.5 Å². The fourth-order valence-electron chi connectivity index (χ4n) is 2.17. The fraction of sp³-hybridized carbons (Fsp3) is 1.00. The summed E-state index contributed by atoms with van der Waals surface area (Å²) in [6, 6.07) is 0. The summed E-state index contributed by atoms with van der Waals surface area (Å²) < 4.78 is 16.1. The molecular formula is C12H25NO3. The Morgan fingerprint density at radius 3 is 2.56 bits per heavy atom. The molecule has 0 radical (unpaired) electrons. The highest BCUT2D eigenvalue weighted by Gasteiger charge is 2.24. The molecule has 2 unspecified atom stereocenters. The zero-order chi connectivity index (χ0) is 11.6. The Morgan fingerprint density at radius 2 is 1.81 bits per heavy atom. The highest BCUT2D eigenvalue weighted by Crippen LogP contribution is 2.25. The highest BCUT2D eigenvalue weighted by atomic mass is 16.5. The van der Waals surface area contributed by atoms with Crippen LogP contribution < -0.4 is 5.73 Å². The number of methoxy groups -OCH3 is 1. The van der Waals surface area contributed by atoms with E-state index in [0.29, 0.717) is 38.4 Å². The summed E-state index contributed by atoms with van der Waals surface area (Å²) in [7, 11) is 1.67. The van der Waals surface area contributed by atoms with Crippen molar-refractivity contribution in [1.82, 2.24) is 0 Å². The topological polar surface area (TPSA) is 53.7 Å². The van der Waals surface area contributed by atoms with Crippen molar-refractivity contribution in [2.45, 2.75) is 31.8 Å². The van der Waals surface area contributed by atoms with Crippen LogP contribution in [-0.4, -0.2) is 46.2 Å². The molecule has 0 aromatic heterocycles. The molecule has 0 heterocycles. The van der Waals surface area contributed by atoms with E-state index in [1.54, 1.807) is 7.11 Å². The molecule has 0 saturated heterocycles. The number of hydrogen-bond acceptors (Lipinski definition) is 4. The van der Waals surface area contributed by atoms with E-state index >= 15 is 0 Å². The van der Waals surface area contributed by atoms with Gasteiger partial charge in [-0.25, -0.2) is 0 Å². The van der Waals surface area contributed by atoms with Gasteiger partial charge < -0.3 is 19.9 Å². The molecule has 1 saturated carbocycles. The second kappa shape index (κ2) is 8.93. The predicted octanol–water partition coefficient (Wildman–Crippen LogP) is 1.18. The van der Waals surface area contributed by atoms with E-state index in [0.717, 1.165) is 13.0 Å². The normalized spacial score (nSPS) is 25.9. The molecule has 0 aromatic rings. The van der Waals surface area contributed by atoms with Crippen molar-refractivity contribution in [2.75, 3.05) is 40.1 Å². The van der Waals surface area contributed by atoms with E-state index in [2.05, 4.69) is 0 Å². The molecule has 1 aliphatic rings. The SMILES string of the molecule is COCCOCCOC1CCCCC1CN. The molecule has 0 aliphatic heterocycles. The van der Waals surface area contributed by atoms with Crippen LogP contribution in [0.25, 0.3) is 0 Å². The second-order valence-corrected chi connectivity index (χ2v) is 4.29. The van der Waals surface area contributed by atoms with Crippen molar-refractivity contribution in [2.24, 2.45) is 11.7 Å². The first kappa shape index (κ1) is 13.9. The molecule has 1 rings (SSSR count). The van der Waals surface area contributed by atoms with Crippen LogP contribution in [-0.2, 0) is 14.2 Å². The minimum absolute atomic E-state index is 0.352. The van der Waals surface area contributed by atoms with Crippen LogP contribution in [0, 0.1) is 5.92 Å². The molecule has 0 bridgehead atoms. The molecule has 1 fully saturated rings. The number of ether oxygens (including phenoxy) is 3. The molecule has 0 spiro atoms. The number of hydrogen-bond donors (Lipinski definition) is 1. The van der Waals surface area contributed by atoms with Gasteiger partial charge in [-0.15, -0.1) is 0 Å². The Kier molecular flexibility index (Phi) is 7.76. The van der Waals surface area contributed by atoms with Gasteiger partial charge in [-0.1, -0.05) is 12.8 Å². The number of rotatable bonds is 8. The van der Waals surface area contributed by atoms with Gasteiger partial charge >= 0.3 is 0 Å². The van der Waals surface area contributed by atoms with Crippen LogP contribution in [0.3, 0.4) is 0 Å². The Labute approximate surface area is 98.4 Å². The quantitative estimate of drug-likeness (QED) is 0.637. The molecule has 0 amide bonds. The van der Waals surface area contributed by atoms with E-state index in [-0.39, 0.29) is 0 Å². The Bertz CT molecular complexity index is 166. The van der Waals surface area contributed by atoms with E-state index in [1.165, 1.54) is 19.3 Å². The van der Waals surface area contributed by atoms with Gasteiger partial charge in [-0.2, -0.15) is 0 Å².